The number of carbonyl (C=O) groups is 1. The minimum Gasteiger partial charge on any atom is -0.346 e. The van der Waals surface area contributed by atoms with Gasteiger partial charge in [0.25, 0.3) is 5.91 Å². The van der Waals surface area contributed by atoms with Crippen LogP contribution in [0, 0.1) is 19.8 Å². The largest absolute Gasteiger partial charge is 0.346 e. The van der Waals surface area contributed by atoms with Crippen molar-refractivity contribution in [1.82, 2.24) is 20.1 Å². The van der Waals surface area contributed by atoms with Gasteiger partial charge in [-0.15, -0.1) is 0 Å². The van der Waals surface area contributed by atoms with Crippen LogP contribution in [-0.2, 0) is 13.0 Å². The molecule has 1 aromatic carbocycles. The molecule has 27 heavy (non-hydrogen) atoms. The lowest BCUT2D eigenvalue weighted by Gasteiger charge is -2.09. The molecule has 3 rings (SSSR count). The van der Waals surface area contributed by atoms with Gasteiger partial charge in [0.15, 0.2) is 0 Å². The predicted octanol–water partition coefficient (Wildman–Crippen LogP) is 4.01. The van der Waals surface area contributed by atoms with Crippen LogP contribution < -0.4 is 5.32 Å². The molecule has 0 radical (unpaired) electrons. The molecule has 1 amide bonds. The van der Waals surface area contributed by atoms with Crippen molar-refractivity contribution in [3.05, 3.63) is 76.9 Å². The number of rotatable bonds is 6. The summed E-state index contributed by atoms with van der Waals surface area (Å²) in [6.07, 6.45) is 2.49. The summed E-state index contributed by atoms with van der Waals surface area (Å²) in [5.74, 6) is 0.306. The molecular formula is C22H26N4O. The molecule has 0 saturated heterocycles. The average Bonchev–Trinajstić information content (AvgIpc) is 2.96. The molecule has 5 nitrogen and oxygen atoms in total. The second-order valence-electron chi connectivity index (χ2n) is 7.21. The molecule has 0 saturated carbocycles. The Morgan fingerprint density at radius 1 is 1.11 bits per heavy atom. The monoisotopic (exact) mass is 362 g/mol. The van der Waals surface area contributed by atoms with Gasteiger partial charge in [0.05, 0.1) is 34.9 Å². The summed E-state index contributed by atoms with van der Waals surface area (Å²) in [6, 6.07) is 13.8. The van der Waals surface area contributed by atoms with Gasteiger partial charge < -0.3 is 5.32 Å². The van der Waals surface area contributed by atoms with Crippen molar-refractivity contribution in [2.45, 2.75) is 40.7 Å². The first kappa shape index (κ1) is 18.8. The first-order valence-electron chi connectivity index (χ1n) is 9.30. The lowest BCUT2D eigenvalue weighted by molar-refractivity contribution is 0.0948. The van der Waals surface area contributed by atoms with Gasteiger partial charge in [0.2, 0.25) is 0 Å². The third-order valence-corrected chi connectivity index (χ3v) is 4.52. The van der Waals surface area contributed by atoms with E-state index in [4.69, 9.17) is 5.10 Å². The molecule has 1 N–H and O–H groups in total. The highest BCUT2D eigenvalue weighted by Crippen LogP contribution is 2.22. The molecule has 0 unspecified atom stereocenters. The predicted molar refractivity (Wildman–Crippen MR) is 107 cm³/mol. The zero-order valence-electron chi connectivity index (χ0n) is 16.4. The quantitative estimate of drug-likeness (QED) is 0.721. The van der Waals surface area contributed by atoms with Gasteiger partial charge in [0.1, 0.15) is 0 Å². The van der Waals surface area contributed by atoms with E-state index in [0.717, 1.165) is 34.8 Å². The van der Waals surface area contributed by atoms with Gasteiger partial charge in [-0.1, -0.05) is 38.1 Å². The highest BCUT2D eigenvalue weighted by atomic mass is 16.1. The Morgan fingerprint density at radius 3 is 2.52 bits per heavy atom. The van der Waals surface area contributed by atoms with Crippen LogP contribution in [0.1, 0.15) is 46.9 Å². The zero-order chi connectivity index (χ0) is 19.4. The van der Waals surface area contributed by atoms with E-state index in [2.05, 4.69) is 37.1 Å². The standard InChI is InChI=1S/C22H26N4O/c1-15(2)13-19-21(22(27)24-14-18-10-7-8-12-23-18)17(4)26(25-19)20-11-6-5-9-16(20)3/h5-12,15H,13-14H2,1-4H3,(H,24,27). The Morgan fingerprint density at radius 2 is 1.85 bits per heavy atom. The van der Waals surface area contributed by atoms with E-state index in [1.807, 2.05) is 48.0 Å². The number of hydrogen-bond donors (Lipinski definition) is 1. The fraction of sp³-hybridized carbons (Fsp3) is 0.318. The summed E-state index contributed by atoms with van der Waals surface area (Å²) < 4.78 is 1.89. The van der Waals surface area contributed by atoms with Crippen LogP contribution in [0.15, 0.2) is 48.7 Å². The maximum Gasteiger partial charge on any atom is 0.255 e. The zero-order valence-corrected chi connectivity index (χ0v) is 16.4. The van der Waals surface area contributed by atoms with E-state index in [-0.39, 0.29) is 5.91 Å². The lowest BCUT2D eigenvalue weighted by Crippen LogP contribution is -2.25. The van der Waals surface area contributed by atoms with Gasteiger partial charge in [-0.05, 0) is 49.9 Å². The summed E-state index contributed by atoms with van der Waals surface area (Å²) in [5.41, 5.74) is 5.33. The second kappa shape index (κ2) is 8.16. The number of carbonyl (C=O) groups excluding carboxylic acids is 1. The molecule has 0 bridgehead atoms. The van der Waals surface area contributed by atoms with E-state index in [1.165, 1.54) is 0 Å². The van der Waals surface area contributed by atoms with Crippen LogP contribution in [0.5, 0.6) is 0 Å². The number of aromatic nitrogens is 3. The second-order valence-corrected chi connectivity index (χ2v) is 7.21. The van der Waals surface area contributed by atoms with Gasteiger partial charge >= 0.3 is 0 Å². The van der Waals surface area contributed by atoms with Gasteiger partial charge in [0, 0.05) is 6.20 Å². The Hall–Kier alpha value is -2.95. The maximum absolute atomic E-state index is 13.0. The smallest absolute Gasteiger partial charge is 0.255 e. The van der Waals surface area contributed by atoms with Crippen molar-refractivity contribution in [1.29, 1.82) is 0 Å². The third kappa shape index (κ3) is 4.25. The molecular weight excluding hydrogens is 336 g/mol. The molecule has 0 aliphatic carbocycles. The van der Waals surface area contributed by atoms with Crippen molar-refractivity contribution >= 4 is 5.91 Å². The maximum atomic E-state index is 13.0. The van der Waals surface area contributed by atoms with Crippen molar-refractivity contribution in [3.8, 4) is 5.69 Å². The van der Waals surface area contributed by atoms with E-state index in [0.29, 0.717) is 18.0 Å². The van der Waals surface area contributed by atoms with Crippen molar-refractivity contribution in [2.24, 2.45) is 5.92 Å². The Bertz CT molecular complexity index is 929. The summed E-state index contributed by atoms with van der Waals surface area (Å²) >= 11 is 0. The van der Waals surface area contributed by atoms with E-state index >= 15 is 0 Å². The molecule has 0 atom stereocenters. The number of hydrogen-bond acceptors (Lipinski definition) is 3. The van der Waals surface area contributed by atoms with Gasteiger partial charge in [-0.2, -0.15) is 5.10 Å². The first-order valence-corrected chi connectivity index (χ1v) is 9.30. The van der Waals surface area contributed by atoms with Crippen LogP contribution in [-0.4, -0.2) is 20.7 Å². The third-order valence-electron chi connectivity index (χ3n) is 4.52. The molecule has 0 spiro atoms. The highest BCUT2D eigenvalue weighted by molar-refractivity contribution is 5.96. The molecule has 5 heteroatoms. The Balaban J connectivity index is 1.95. The Kier molecular flexibility index (Phi) is 5.69. The molecule has 3 aromatic rings. The molecule has 0 fully saturated rings. The van der Waals surface area contributed by atoms with Crippen LogP contribution >= 0.6 is 0 Å². The van der Waals surface area contributed by atoms with E-state index in [1.54, 1.807) is 6.20 Å². The molecule has 0 aliphatic rings. The van der Waals surface area contributed by atoms with Crippen molar-refractivity contribution in [3.63, 3.8) is 0 Å². The lowest BCUT2D eigenvalue weighted by atomic mass is 10.0. The Labute approximate surface area is 160 Å². The van der Waals surface area contributed by atoms with Gasteiger partial charge in [-0.25, -0.2) is 4.68 Å². The molecule has 2 aromatic heterocycles. The number of pyridine rings is 1. The van der Waals surface area contributed by atoms with E-state index < -0.39 is 0 Å². The molecule has 2 heterocycles. The van der Waals surface area contributed by atoms with Crippen LogP contribution in [0.4, 0.5) is 0 Å². The summed E-state index contributed by atoms with van der Waals surface area (Å²) in [4.78, 5) is 17.2. The number of amides is 1. The average molecular weight is 362 g/mol. The summed E-state index contributed by atoms with van der Waals surface area (Å²) in [6.45, 7) is 8.68. The SMILES string of the molecule is Cc1ccccc1-n1nc(CC(C)C)c(C(=O)NCc2ccccn2)c1C. The number of benzene rings is 1. The number of nitrogens with zero attached hydrogens (tertiary/aromatic N) is 3. The molecule has 140 valence electrons. The first-order chi connectivity index (χ1) is 13.0. The fourth-order valence-electron chi connectivity index (χ4n) is 3.18. The van der Waals surface area contributed by atoms with Crippen LogP contribution in [0.25, 0.3) is 5.69 Å². The van der Waals surface area contributed by atoms with Crippen LogP contribution in [0.3, 0.4) is 0 Å². The van der Waals surface area contributed by atoms with Crippen molar-refractivity contribution in [2.75, 3.05) is 0 Å². The summed E-state index contributed by atoms with van der Waals surface area (Å²) in [7, 11) is 0. The summed E-state index contributed by atoms with van der Waals surface area (Å²) in [5, 5.41) is 7.79. The topological polar surface area (TPSA) is 59.8 Å². The number of para-hydroxylation sites is 1. The number of aryl methyl sites for hydroxylation is 1. The minimum atomic E-state index is -0.103. The fourth-order valence-corrected chi connectivity index (χ4v) is 3.18. The van der Waals surface area contributed by atoms with E-state index in [9.17, 15) is 4.79 Å². The van der Waals surface area contributed by atoms with Crippen LogP contribution in [0.2, 0.25) is 0 Å². The number of nitrogens with one attached hydrogen (secondary N) is 1. The van der Waals surface area contributed by atoms with Crippen molar-refractivity contribution < 1.29 is 4.79 Å². The molecule has 0 aliphatic heterocycles. The van der Waals surface area contributed by atoms with Gasteiger partial charge in [-0.3, -0.25) is 9.78 Å². The normalized spacial score (nSPS) is 11.0. The minimum absolute atomic E-state index is 0.103. The highest BCUT2D eigenvalue weighted by Gasteiger charge is 2.23.